The Bertz CT molecular complexity index is 180. The van der Waals surface area contributed by atoms with E-state index in [0.29, 0.717) is 11.5 Å². The zero-order valence-corrected chi connectivity index (χ0v) is 9.17. The molecule has 14 heavy (non-hydrogen) atoms. The fraction of sp³-hybridized carbons (Fsp3) is 1.00. The average molecular weight is 198 g/mol. The minimum atomic E-state index is 0.480. The van der Waals surface area contributed by atoms with Crippen LogP contribution in [0, 0.1) is 5.41 Å². The number of hydrogen-bond acceptors (Lipinski definition) is 3. The second kappa shape index (κ2) is 4.17. The van der Waals surface area contributed by atoms with Gasteiger partial charge in [0.2, 0.25) is 0 Å². The van der Waals surface area contributed by atoms with Gasteiger partial charge >= 0.3 is 0 Å². The highest BCUT2D eigenvalue weighted by Crippen LogP contribution is 2.43. The van der Waals surface area contributed by atoms with Gasteiger partial charge in [-0.3, -0.25) is 4.90 Å². The molecule has 0 atom stereocenters. The third-order valence-corrected chi connectivity index (χ3v) is 3.82. The van der Waals surface area contributed by atoms with Gasteiger partial charge in [0.05, 0.1) is 6.61 Å². The molecule has 3 nitrogen and oxygen atoms in total. The molecule has 3 heteroatoms. The molecule has 2 aliphatic rings. The standard InChI is InChI=1S/C11H22N2O/c1-14-7-6-13-8-11(9-13)4-2-10(12)3-5-11/h10H,2-9,12H2,1H3. The van der Waals surface area contributed by atoms with Crippen LogP contribution in [0.15, 0.2) is 0 Å². The molecule has 0 aromatic rings. The highest BCUT2D eigenvalue weighted by Gasteiger charge is 2.43. The summed E-state index contributed by atoms with van der Waals surface area (Å²) in [6.45, 7) is 4.53. The molecule has 1 spiro atoms. The van der Waals surface area contributed by atoms with Crippen molar-refractivity contribution in [2.45, 2.75) is 31.7 Å². The van der Waals surface area contributed by atoms with Crippen LogP contribution in [0.5, 0.6) is 0 Å². The monoisotopic (exact) mass is 198 g/mol. The number of methoxy groups -OCH3 is 1. The lowest BCUT2D eigenvalue weighted by molar-refractivity contribution is -0.0408. The summed E-state index contributed by atoms with van der Waals surface area (Å²) in [5, 5.41) is 0. The van der Waals surface area contributed by atoms with Crippen molar-refractivity contribution in [3.8, 4) is 0 Å². The summed E-state index contributed by atoms with van der Waals surface area (Å²) in [7, 11) is 1.77. The molecular formula is C11H22N2O. The quantitative estimate of drug-likeness (QED) is 0.730. The van der Waals surface area contributed by atoms with E-state index in [1.54, 1.807) is 7.11 Å². The van der Waals surface area contributed by atoms with Crippen LogP contribution in [-0.4, -0.2) is 44.3 Å². The molecule has 2 N–H and O–H groups in total. The van der Waals surface area contributed by atoms with Gasteiger partial charge in [-0.15, -0.1) is 0 Å². The lowest BCUT2D eigenvalue weighted by atomic mass is 9.67. The van der Waals surface area contributed by atoms with Gasteiger partial charge in [-0.1, -0.05) is 0 Å². The van der Waals surface area contributed by atoms with Crippen LogP contribution in [0.25, 0.3) is 0 Å². The Labute approximate surface area is 86.6 Å². The Kier molecular flexibility index (Phi) is 3.10. The maximum atomic E-state index is 5.92. The summed E-state index contributed by atoms with van der Waals surface area (Å²) in [5.74, 6) is 0. The largest absolute Gasteiger partial charge is 0.383 e. The summed E-state index contributed by atoms with van der Waals surface area (Å²) >= 11 is 0. The topological polar surface area (TPSA) is 38.5 Å². The van der Waals surface area contributed by atoms with E-state index in [9.17, 15) is 0 Å². The molecule has 0 unspecified atom stereocenters. The lowest BCUT2D eigenvalue weighted by Gasteiger charge is -2.53. The molecule has 82 valence electrons. The van der Waals surface area contributed by atoms with Gasteiger partial charge in [0.15, 0.2) is 0 Å². The molecule has 0 radical (unpaired) electrons. The molecule has 2 rings (SSSR count). The summed E-state index contributed by atoms with van der Waals surface area (Å²) in [5.41, 5.74) is 6.56. The van der Waals surface area contributed by atoms with E-state index >= 15 is 0 Å². The predicted molar refractivity (Wildman–Crippen MR) is 57.2 cm³/mol. The Hall–Kier alpha value is -0.120. The molecule has 0 amide bonds. The predicted octanol–water partition coefficient (Wildman–Crippen LogP) is 0.836. The van der Waals surface area contributed by atoms with E-state index in [2.05, 4.69) is 4.90 Å². The van der Waals surface area contributed by atoms with Crippen molar-refractivity contribution in [2.24, 2.45) is 11.1 Å². The molecule has 1 aliphatic heterocycles. The minimum Gasteiger partial charge on any atom is -0.383 e. The first-order chi connectivity index (χ1) is 6.74. The SMILES string of the molecule is COCCN1CC2(CCC(N)CC2)C1. The normalized spacial score (nSPS) is 27.9. The number of ether oxygens (including phenoxy) is 1. The van der Waals surface area contributed by atoms with Crippen molar-refractivity contribution in [1.82, 2.24) is 4.90 Å². The van der Waals surface area contributed by atoms with Gasteiger partial charge in [-0.05, 0) is 31.1 Å². The average Bonchev–Trinajstić information content (AvgIpc) is 2.14. The van der Waals surface area contributed by atoms with Gasteiger partial charge in [0, 0.05) is 32.8 Å². The first kappa shape index (κ1) is 10.4. The van der Waals surface area contributed by atoms with Crippen molar-refractivity contribution in [1.29, 1.82) is 0 Å². The van der Waals surface area contributed by atoms with E-state index in [1.165, 1.54) is 38.8 Å². The van der Waals surface area contributed by atoms with Crippen molar-refractivity contribution < 1.29 is 4.74 Å². The second-order valence-corrected chi connectivity index (χ2v) is 5.04. The maximum absolute atomic E-state index is 5.92. The molecule has 1 saturated heterocycles. The lowest BCUT2D eigenvalue weighted by Crippen LogP contribution is -2.58. The van der Waals surface area contributed by atoms with Gasteiger partial charge in [0.1, 0.15) is 0 Å². The second-order valence-electron chi connectivity index (χ2n) is 5.04. The van der Waals surface area contributed by atoms with Crippen LogP contribution >= 0.6 is 0 Å². The summed E-state index contributed by atoms with van der Waals surface area (Å²) in [6, 6.07) is 0.480. The van der Waals surface area contributed by atoms with E-state index in [4.69, 9.17) is 10.5 Å². The fourth-order valence-corrected chi connectivity index (χ4v) is 2.85. The Morgan fingerprint density at radius 1 is 1.36 bits per heavy atom. The molecule has 0 aromatic heterocycles. The molecular weight excluding hydrogens is 176 g/mol. The third-order valence-electron chi connectivity index (χ3n) is 3.82. The molecule has 0 bridgehead atoms. The molecule has 1 heterocycles. The first-order valence-corrected chi connectivity index (χ1v) is 5.71. The Morgan fingerprint density at radius 3 is 2.57 bits per heavy atom. The van der Waals surface area contributed by atoms with Crippen LogP contribution in [0.4, 0.5) is 0 Å². The van der Waals surface area contributed by atoms with Crippen LogP contribution in [0.2, 0.25) is 0 Å². The maximum Gasteiger partial charge on any atom is 0.0589 e. The van der Waals surface area contributed by atoms with Gasteiger partial charge < -0.3 is 10.5 Å². The van der Waals surface area contributed by atoms with E-state index in [1.807, 2.05) is 0 Å². The zero-order chi connectivity index (χ0) is 10.0. The van der Waals surface area contributed by atoms with E-state index in [0.717, 1.165) is 13.2 Å². The first-order valence-electron chi connectivity index (χ1n) is 5.71. The van der Waals surface area contributed by atoms with Crippen molar-refractivity contribution in [3.05, 3.63) is 0 Å². The Balaban J connectivity index is 1.70. The number of rotatable bonds is 3. The smallest absolute Gasteiger partial charge is 0.0589 e. The number of hydrogen-bond donors (Lipinski definition) is 1. The molecule has 0 aromatic carbocycles. The number of nitrogens with zero attached hydrogens (tertiary/aromatic N) is 1. The van der Waals surface area contributed by atoms with Crippen LogP contribution < -0.4 is 5.73 Å². The van der Waals surface area contributed by atoms with E-state index in [-0.39, 0.29) is 0 Å². The van der Waals surface area contributed by atoms with Crippen LogP contribution in [0.1, 0.15) is 25.7 Å². The third kappa shape index (κ3) is 2.10. The number of likely N-dealkylation sites (tertiary alicyclic amines) is 1. The van der Waals surface area contributed by atoms with Crippen molar-refractivity contribution >= 4 is 0 Å². The zero-order valence-electron chi connectivity index (χ0n) is 9.17. The van der Waals surface area contributed by atoms with Crippen LogP contribution in [0.3, 0.4) is 0 Å². The molecule has 1 aliphatic carbocycles. The summed E-state index contributed by atoms with van der Waals surface area (Å²) in [6.07, 6.45) is 5.16. The van der Waals surface area contributed by atoms with Gasteiger partial charge in [-0.2, -0.15) is 0 Å². The summed E-state index contributed by atoms with van der Waals surface area (Å²) in [4.78, 5) is 2.50. The highest BCUT2D eigenvalue weighted by atomic mass is 16.5. The molecule has 2 fully saturated rings. The minimum absolute atomic E-state index is 0.480. The van der Waals surface area contributed by atoms with E-state index < -0.39 is 0 Å². The Morgan fingerprint density at radius 2 is 2.00 bits per heavy atom. The molecule has 1 saturated carbocycles. The van der Waals surface area contributed by atoms with Gasteiger partial charge in [0.25, 0.3) is 0 Å². The van der Waals surface area contributed by atoms with Gasteiger partial charge in [-0.25, -0.2) is 0 Å². The highest BCUT2D eigenvalue weighted by molar-refractivity contribution is 4.98. The van der Waals surface area contributed by atoms with Crippen molar-refractivity contribution in [2.75, 3.05) is 33.4 Å². The van der Waals surface area contributed by atoms with Crippen molar-refractivity contribution in [3.63, 3.8) is 0 Å². The van der Waals surface area contributed by atoms with Crippen LogP contribution in [-0.2, 0) is 4.74 Å². The fourth-order valence-electron chi connectivity index (χ4n) is 2.85. The number of nitrogens with two attached hydrogens (primary N) is 1. The summed E-state index contributed by atoms with van der Waals surface area (Å²) < 4.78 is 5.08.